The van der Waals surface area contributed by atoms with Gasteiger partial charge in [-0.2, -0.15) is 15.0 Å². The van der Waals surface area contributed by atoms with Crippen LogP contribution in [0.5, 0.6) is 0 Å². The number of aromatic nitrogens is 3. The van der Waals surface area contributed by atoms with Crippen molar-refractivity contribution in [2.45, 2.75) is 12.8 Å². The van der Waals surface area contributed by atoms with E-state index in [1.54, 1.807) is 0 Å². The van der Waals surface area contributed by atoms with Crippen LogP contribution in [0.3, 0.4) is 0 Å². The van der Waals surface area contributed by atoms with Gasteiger partial charge in [-0.1, -0.05) is 42.5 Å². The molecule has 0 saturated carbocycles. The Morgan fingerprint density at radius 3 is 1.64 bits per heavy atom. The Kier molecular flexibility index (Phi) is 4.24. The standard InChI is InChI=1S/C19H18N6/c1-2-8-14(9-3-1)20-17-23-18(21-15-10-4-5-11-15)25-19(24-17)22-16-12-6-7-13-16/h1-10,12H,11,13H2,(H3,20,21,22,23,24,25). The summed E-state index contributed by atoms with van der Waals surface area (Å²) in [7, 11) is 0. The molecule has 0 radical (unpaired) electrons. The van der Waals surface area contributed by atoms with Gasteiger partial charge in [0, 0.05) is 29.9 Å². The molecule has 2 aromatic rings. The molecule has 2 aliphatic rings. The van der Waals surface area contributed by atoms with Gasteiger partial charge in [-0.25, -0.2) is 0 Å². The highest BCUT2D eigenvalue weighted by Gasteiger charge is 2.10. The fourth-order valence-corrected chi connectivity index (χ4v) is 2.56. The van der Waals surface area contributed by atoms with Gasteiger partial charge in [0.25, 0.3) is 0 Å². The Hall–Kier alpha value is -3.41. The van der Waals surface area contributed by atoms with Gasteiger partial charge in [0.05, 0.1) is 0 Å². The van der Waals surface area contributed by atoms with Gasteiger partial charge >= 0.3 is 0 Å². The number of nitrogens with zero attached hydrogens (tertiary/aromatic N) is 3. The van der Waals surface area contributed by atoms with E-state index in [0.29, 0.717) is 17.8 Å². The van der Waals surface area contributed by atoms with Crippen molar-refractivity contribution >= 4 is 23.5 Å². The number of rotatable bonds is 6. The largest absolute Gasteiger partial charge is 0.327 e. The molecule has 3 N–H and O–H groups in total. The molecule has 1 aromatic heterocycles. The maximum Gasteiger partial charge on any atom is 0.233 e. The summed E-state index contributed by atoms with van der Waals surface area (Å²) in [5.41, 5.74) is 3.04. The highest BCUT2D eigenvalue weighted by molar-refractivity contribution is 5.57. The second-order valence-electron chi connectivity index (χ2n) is 5.70. The van der Waals surface area contributed by atoms with Crippen LogP contribution < -0.4 is 16.0 Å². The van der Waals surface area contributed by atoms with Crippen LogP contribution >= 0.6 is 0 Å². The minimum Gasteiger partial charge on any atom is -0.327 e. The van der Waals surface area contributed by atoms with Crippen LogP contribution in [0.1, 0.15) is 12.8 Å². The van der Waals surface area contributed by atoms with E-state index in [9.17, 15) is 0 Å². The molecule has 6 heteroatoms. The van der Waals surface area contributed by atoms with Gasteiger partial charge in [-0.3, -0.25) is 0 Å². The van der Waals surface area contributed by atoms with Crippen LogP contribution in [0.15, 0.2) is 78.2 Å². The molecular formula is C19H18N6. The van der Waals surface area contributed by atoms with E-state index in [4.69, 9.17) is 0 Å². The number of benzene rings is 1. The lowest BCUT2D eigenvalue weighted by molar-refractivity contribution is 1.03. The molecule has 0 atom stereocenters. The van der Waals surface area contributed by atoms with Crippen LogP contribution in [0.4, 0.5) is 23.5 Å². The number of hydrogen-bond acceptors (Lipinski definition) is 6. The van der Waals surface area contributed by atoms with Crippen molar-refractivity contribution in [1.29, 1.82) is 0 Å². The quantitative estimate of drug-likeness (QED) is 0.739. The minimum atomic E-state index is 0.490. The number of hydrogen-bond donors (Lipinski definition) is 3. The molecule has 4 rings (SSSR count). The Bertz CT molecular complexity index is 830. The van der Waals surface area contributed by atoms with Gasteiger partial charge in [-0.05, 0) is 24.3 Å². The average Bonchev–Trinajstić information content (AvgIpc) is 3.30. The Morgan fingerprint density at radius 1 is 0.640 bits per heavy atom. The second-order valence-corrected chi connectivity index (χ2v) is 5.70. The summed E-state index contributed by atoms with van der Waals surface area (Å²) in [5.74, 6) is 1.51. The summed E-state index contributed by atoms with van der Waals surface area (Å²) in [6.45, 7) is 0. The Balaban J connectivity index is 1.59. The van der Waals surface area contributed by atoms with Crippen molar-refractivity contribution in [1.82, 2.24) is 15.0 Å². The molecular weight excluding hydrogens is 312 g/mol. The molecule has 0 saturated heterocycles. The van der Waals surface area contributed by atoms with Crippen molar-refractivity contribution in [3.63, 3.8) is 0 Å². The Morgan fingerprint density at radius 2 is 1.16 bits per heavy atom. The van der Waals surface area contributed by atoms with E-state index in [0.717, 1.165) is 29.9 Å². The topological polar surface area (TPSA) is 74.8 Å². The van der Waals surface area contributed by atoms with Gasteiger partial charge in [0.2, 0.25) is 17.8 Å². The number of para-hydroxylation sites is 1. The molecule has 6 nitrogen and oxygen atoms in total. The van der Waals surface area contributed by atoms with Crippen molar-refractivity contribution in [2.24, 2.45) is 0 Å². The molecule has 0 amide bonds. The summed E-state index contributed by atoms with van der Waals surface area (Å²) in [5, 5.41) is 9.73. The number of allylic oxidation sites excluding steroid dienone is 6. The van der Waals surface area contributed by atoms with E-state index < -0.39 is 0 Å². The van der Waals surface area contributed by atoms with Crippen molar-refractivity contribution < 1.29 is 0 Å². The first-order valence-electron chi connectivity index (χ1n) is 8.19. The molecule has 0 fully saturated rings. The molecule has 0 spiro atoms. The zero-order chi connectivity index (χ0) is 16.9. The molecule has 0 aliphatic heterocycles. The maximum atomic E-state index is 4.48. The average molecular weight is 330 g/mol. The first-order valence-corrected chi connectivity index (χ1v) is 8.19. The maximum absolute atomic E-state index is 4.48. The van der Waals surface area contributed by atoms with E-state index in [1.165, 1.54) is 0 Å². The van der Waals surface area contributed by atoms with Crippen LogP contribution in [0.25, 0.3) is 0 Å². The summed E-state index contributed by atoms with van der Waals surface area (Å²) in [6, 6.07) is 9.84. The smallest absolute Gasteiger partial charge is 0.233 e. The van der Waals surface area contributed by atoms with Gasteiger partial charge in [0.1, 0.15) is 0 Å². The first kappa shape index (κ1) is 15.1. The SMILES string of the molecule is C1=CCC(Nc2nc(NC3=CC=CC3)nc(Nc3ccccc3)n2)=C1. The highest BCUT2D eigenvalue weighted by atomic mass is 15.3. The lowest BCUT2D eigenvalue weighted by Gasteiger charge is -2.12. The zero-order valence-electron chi connectivity index (χ0n) is 13.6. The zero-order valence-corrected chi connectivity index (χ0v) is 13.6. The summed E-state index contributed by atoms with van der Waals surface area (Å²) >= 11 is 0. The number of anilines is 4. The fourth-order valence-electron chi connectivity index (χ4n) is 2.56. The minimum absolute atomic E-state index is 0.490. The van der Waals surface area contributed by atoms with Gasteiger partial charge in [-0.15, -0.1) is 0 Å². The summed E-state index contributed by atoms with van der Waals surface area (Å²) < 4.78 is 0. The van der Waals surface area contributed by atoms with E-state index in [1.807, 2.05) is 54.6 Å². The van der Waals surface area contributed by atoms with E-state index in [2.05, 4.69) is 43.1 Å². The number of nitrogens with one attached hydrogen (secondary N) is 3. The van der Waals surface area contributed by atoms with E-state index >= 15 is 0 Å². The van der Waals surface area contributed by atoms with Gasteiger partial charge in [0.15, 0.2) is 0 Å². The third kappa shape index (κ3) is 3.92. The fraction of sp³-hybridized carbons (Fsp3) is 0.105. The highest BCUT2D eigenvalue weighted by Crippen LogP contribution is 2.20. The predicted octanol–water partition coefficient (Wildman–Crippen LogP) is 4.13. The molecule has 0 bridgehead atoms. The summed E-state index contributed by atoms with van der Waals surface area (Å²) in [6.07, 6.45) is 13.9. The Labute approximate surface area is 146 Å². The molecule has 124 valence electrons. The third-order valence-electron chi connectivity index (χ3n) is 3.75. The molecule has 1 aromatic carbocycles. The second kappa shape index (κ2) is 7.00. The molecule has 2 aliphatic carbocycles. The van der Waals surface area contributed by atoms with E-state index in [-0.39, 0.29) is 0 Å². The van der Waals surface area contributed by atoms with Crippen LogP contribution in [-0.2, 0) is 0 Å². The summed E-state index contributed by atoms with van der Waals surface area (Å²) in [4.78, 5) is 13.4. The van der Waals surface area contributed by atoms with Crippen molar-refractivity contribution in [3.8, 4) is 0 Å². The lowest BCUT2D eigenvalue weighted by atomic mass is 10.3. The van der Waals surface area contributed by atoms with Crippen molar-refractivity contribution in [2.75, 3.05) is 16.0 Å². The van der Waals surface area contributed by atoms with Gasteiger partial charge < -0.3 is 16.0 Å². The molecule has 25 heavy (non-hydrogen) atoms. The van der Waals surface area contributed by atoms with Crippen molar-refractivity contribution in [3.05, 3.63) is 78.2 Å². The third-order valence-corrected chi connectivity index (χ3v) is 3.75. The predicted molar refractivity (Wildman–Crippen MR) is 100 cm³/mol. The van der Waals surface area contributed by atoms with Crippen LogP contribution in [-0.4, -0.2) is 15.0 Å². The monoisotopic (exact) mass is 330 g/mol. The lowest BCUT2D eigenvalue weighted by Crippen LogP contribution is -2.10. The van der Waals surface area contributed by atoms with Crippen LogP contribution in [0, 0.1) is 0 Å². The van der Waals surface area contributed by atoms with Crippen LogP contribution in [0.2, 0.25) is 0 Å². The molecule has 0 unspecified atom stereocenters. The molecule has 1 heterocycles. The normalized spacial score (nSPS) is 15.0. The first-order chi connectivity index (χ1) is 12.3.